The lowest BCUT2D eigenvalue weighted by Gasteiger charge is -2.28. The van der Waals surface area contributed by atoms with E-state index in [4.69, 9.17) is 9.72 Å². The molecule has 0 spiro atoms. The molecule has 2 aliphatic heterocycles. The molecule has 8 nitrogen and oxygen atoms in total. The zero-order chi connectivity index (χ0) is 23.5. The number of benzene rings is 1. The van der Waals surface area contributed by atoms with E-state index in [2.05, 4.69) is 58.5 Å². The zero-order valence-corrected chi connectivity index (χ0v) is 19.9. The van der Waals surface area contributed by atoms with E-state index in [1.807, 2.05) is 17.2 Å². The number of ether oxygens (including phenoxy) is 1. The van der Waals surface area contributed by atoms with Gasteiger partial charge < -0.3 is 19.9 Å². The number of pyridine rings is 1. The summed E-state index contributed by atoms with van der Waals surface area (Å²) < 4.78 is 5.54. The zero-order valence-electron chi connectivity index (χ0n) is 19.9. The molecule has 1 atom stereocenters. The first kappa shape index (κ1) is 22.4. The summed E-state index contributed by atoms with van der Waals surface area (Å²) in [6.07, 6.45) is 5.85. The second-order valence-electron chi connectivity index (χ2n) is 9.15. The fraction of sp³-hybridized carbons (Fsp3) is 0.423. The number of aryl methyl sites for hydroxylation is 1. The van der Waals surface area contributed by atoms with Crippen LogP contribution in [0.3, 0.4) is 0 Å². The molecule has 34 heavy (non-hydrogen) atoms. The van der Waals surface area contributed by atoms with Gasteiger partial charge in [-0.25, -0.2) is 9.78 Å². The van der Waals surface area contributed by atoms with Crippen LogP contribution in [0.4, 0.5) is 16.3 Å². The van der Waals surface area contributed by atoms with Crippen molar-refractivity contribution in [2.24, 2.45) is 5.92 Å². The first-order chi connectivity index (χ1) is 16.6. The number of anilines is 2. The minimum atomic E-state index is -0.0198. The number of morpholine rings is 1. The Hall–Kier alpha value is -3.39. The van der Waals surface area contributed by atoms with E-state index >= 15 is 0 Å². The Labute approximate surface area is 200 Å². The van der Waals surface area contributed by atoms with Gasteiger partial charge in [-0.1, -0.05) is 19.4 Å². The lowest BCUT2D eigenvalue weighted by Crippen LogP contribution is -2.36. The predicted molar refractivity (Wildman–Crippen MR) is 134 cm³/mol. The normalized spacial score (nSPS) is 18.4. The molecule has 2 aromatic heterocycles. The quantitative estimate of drug-likeness (QED) is 0.583. The topological polar surface area (TPSA) is 86.4 Å². The number of nitrogens with one attached hydrogen (secondary N) is 2. The Morgan fingerprint density at radius 1 is 1.18 bits per heavy atom. The van der Waals surface area contributed by atoms with Crippen molar-refractivity contribution in [2.45, 2.75) is 26.7 Å². The fourth-order valence-corrected chi connectivity index (χ4v) is 4.73. The van der Waals surface area contributed by atoms with Gasteiger partial charge in [0.1, 0.15) is 5.82 Å². The van der Waals surface area contributed by atoms with Crippen LogP contribution < -0.4 is 10.2 Å². The van der Waals surface area contributed by atoms with Gasteiger partial charge in [-0.05, 0) is 60.2 Å². The average Bonchev–Trinajstić information content (AvgIpc) is 3.58. The lowest BCUT2D eigenvalue weighted by molar-refractivity contribution is 0.122. The van der Waals surface area contributed by atoms with E-state index in [1.165, 1.54) is 0 Å². The van der Waals surface area contributed by atoms with Gasteiger partial charge in [-0.2, -0.15) is 5.10 Å². The summed E-state index contributed by atoms with van der Waals surface area (Å²) >= 11 is 0. The molecule has 2 amide bonds. The van der Waals surface area contributed by atoms with Gasteiger partial charge in [0.15, 0.2) is 0 Å². The third kappa shape index (κ3) is 4.77. The number of carbonyl (C=O) groups is 1. The highest BCUT2D eigenvalue weighted by atomic mass is 16.5. The Morgan fingerprint density at radius 2 is 2.03 bits per heavy atom. The van der Waals surface area contributed by atoms with E-state index < -0.39 is 0 Å². The molecule has 0 aliphatic carbocycles. The van der Waals surface area contributed by atoms with Crippen LogP contribution in [0.15, 0.2) is 42.7 Å². The molecular formula is C26H32N6O2. The molecule has 4 heterocycles. The number of rotatable bonds is 5. The Kier molecular flexibility index (Phi) is 6.49. The van der Waals surface area contributed by atoms with Crippen LogP contribution in [0.5, 0.6) is 0 Å². The number of H-pyrrole nitrogens is 1. The van der Waals surface area contributed by atoms with Crippen LogP contribution in [-0.4, -0.2) is 65.5 Å². The molecule has 2 fully saturated rings. The van der Waals surface area contributed by atoms with Gasteiger partial charge in [-0.3, -0.25) is 5.10 Å². The number of aromatic nitrogens is 3. The highest BCUT2D eigenvalue weighted by Crippen LogP contribution is 2.33. The van der Waals surface area contributed by atoms with Gasteiger partial charge in [0, 0.05) is 43.6 Å². The number of urea groups is 1. The largest absolute Gasteiger partial charge is 0.378 e. The van der Waals surface area contributed by atoms with Crippen molar-refractivity contribution in [3.63, 3.8) is 0 Å². The van der Waals surface area contributed by atoms with Gasteiger partial charge in [-0.15, -0.1) is 0 Å². The highest BCUT2D eigenvalue weighted by molar-refractivity contribution is 5.91. The smallest absolute Gasteiger partial charge is 0.321 e. The van der Waals surface area contributed by atoms with Gasteiger partial charge in [0.25, 0.3) is 0 Å². The molecule has 0 radical (unpaired) electrons. The summed E-state index contributed by atoms with van der Waals surface area (Å²) in [5.41, 5.74) is 5.89. The van der Waals surface area contributed by atoms with Crippen molar-refractivity contribution in [3.8, 4) is 22.4 Å². The monoisotopic (exact) mass is 460 g/mol. The van der Waals surface area contributed by atoms with Crippen LogP contribution in [0, 0.1) is 12.8 Å². The maximum Gasteiger partial charge on any atom is 0.321 e. The maximum absolute atomic E-state index is 12.9. The van der Waals surface area contributed by atoms with E-state index in [9.17, 15) is 4.79 Å². The standard InChI is InChI=1S/C26H32N6O2/c1-3-19-6-7-32(17-19)26(33)29-22-5-4-18(2)23(14-22)20-12-24(21-15-27-28-16-21)30-25(13-20)31-8-10-34-11-9-31/h4-5,12-16,19H,3,6-11,17H2,1-2H3,(H,27,28)(H,29,33)/t19-/m1/s1. The van der Waals surface area contributed by atoms with Crippen molar-refractivity contribution in [3.05, 3.63) is 48.3 Å². The number of aromatic amines is 1. The van der Waals surface area contributed by atoms with E-state index in [1.54, 1.807) is 6.20 Å². The highest BCUT2D eigenvalue weighted by Gasteiger charge is 2.25. The summed E-state index contributed by atoms with van der Waals surface area (Å²) in [4.78, 5) is 22.0. The SMILES string of the molecule is CC[C@@H]1CCN(C(=O)Nc2ccc(C)c(-c3cc(-c4cn[nH]c4)nc(N4CCOCC4)c3)c2)C1. The first-order valence-electron chi connectivity index (χ1n) is 12.1. The number of amides is 2. The lowest BCUT2D eigenvalue weighted by atomic mass is 9.98. The molecule has 178 valence electrons. The molecule has 0 bridgehead atoms. The molecule has 2 aliphatic rings. The molecule has 0 saturated carbocycles. The van der Waals surface area contributed by atoms with Crippen LogP contribution in [0.1, 0.15) is 25.3 Å². The van der Waals surface area contributed by atoms with Gasteiger partial charge in [0.2, 0.25) is 0 Å². The number of hydrogen-bond acceptors (Lipinski definition) is 5. The second-order valence-corrected chi connectivity index (χ2v) is 9.15. The van der Waals surface area contributed by atoms with Crippen molar-refractivity contribution in [2.75, 3.05) is 49.6 Å². The van der Waals surface area contributed by atoms with E-state index in [0.717, 1.165) is 78.5 Å². The third-order valence-electron chi connectivity index (χ3n) is 6.89. The minimum absolute atomic E-state index is 0.0198. The third-order valence-corrected chi connectivity index (χ3v) is 6.89. The molecule has 2 saturated heterocycles. The Bertz CT molecular complexity index is 1140. The molecule has 0 unspecified atom stereocenters. The summed E-state index contributed by atoms with van der Waals surface area (Å²) in [5, 5.41) is 10.1. The Morgan fingerprint density at radius 3 is 2.76 bits per heavy atom. The average molecular weight is 461 g/mol. The van der Waals surface area contributed by atoms with Gasteiger partial charge >= 0.3 is 6.03 Å². The van der Waals surface area contributed by atoms with E-state index in [-0.39, 0.29) is 6.03 Å². The van der Waals surface area contributed by atoms with E-state index in [0.29, 0.717) is 19.1 Å². The molecule has 8 heteroatoms. The van der Waals surface area contributed by atoms with Crippen LogP contribution in [-0.2, 0) is 4.74 Å². The van der Waals surface area contributed by atoms with Crippen molar-refractivity contribution < 1.29 is 9.53 Å². The number of hydrogen-bond donors (Lipinski definition) is 2. The Balaban J connectivity index is 1.46. The first-order valence-corrected chi connectivity index (χ1v) is 12.1. The van der Waals surface area contributed by atoms with Gasteiger partial charge in [0.05, 0.1) is 25.1 Å². The minimum Gasteiger partial charge on any atom is -0.378 e. The van der Waals surface area contributed by atoms with Crippen LogP contribution in [0.2, 0.25) is 0 Å². The summed E-state index contributed by atoms with van der Waals surface area (Å²) in [7, 11) is 0. The molecule has 1 aromatic carbocycles. The predicted octanol–water partition coefficient (Wildman–Crippen LogP) is 4.55. The number of nitrogens with zero attached hydrogens (tertiary/aromatic N) is 4. The fourth-order valence-electron chi connectivity index (χ4n) is 4.73. The molecule has 5 rings (SSSR count). The van der Waals surface area contributed by atoms with Crippen molar-refractivity contribution in [1.29, 1.82) is 0 Å². The van der Waals surface area contributed by atoms with Crippen molar-refractivity contribution in [1.82, 2.24) is 20.1 Å². The number of likely N-dealkylation sites (tertiary alicyclic amines) is 1. The summed E-state index contributed by atoms with van der Waals surface area (Å²) in [5.74, 6) is 1.53. The molecule has 3 aromatic rings. The second kappa shape index (κ2) is 9.85. The number of carbonyl (C=O) groups excluding carboxylic acids is 1. The maximum atomic E-state index is 12.9. The summed E-state index contributed by atoms with van der Waals surface area (Å²) in [6, 6.07) is 10.3. The van der Waals surface area contributed by atoms with Crippen molar-refractivity contribution >= 4 is 17.5 Å². The molecule has 2 N–H and O–H groups in total. The van der Waals surface area contributed by atoms with Crippen LogP contribution >= 0.6 is 0 Å². The van der Waals surface area contributed by atoms with Crippen LogP contribution in [0.25, 0.3) is 22.4 Å². The molecular weight excluding hydrogens is 428 g/mol. The summed E-state index contributed by atoms with van der Waals surface area (Å²) in [6.45, 7) is 8.96.